The highest BCUT2D eigenvalue weighted by atomic mass is 19.1. The number of benzene rings is 15. The molecule has 0 spiro atoms. The van der Waals surface area contributed by atoms with Crippen molar-refractivity contribution in [2.24, 2.45) is 0 Å². The predicted molar refractivity (Wildman–Crippen MR) is 441 cm³/mol. The molecule has 0 aliphatic heterocycles. The zero-order chi connectivity index (χ0) is 77.7. The molecule has 15 aromatic carbocycles. The van der Waals surface area contributed by atoms with Crippen LogP contribution in [0.4, 0.5) is 26.3 Å². The summed E-state index contributed by atoms with van der Waals surface area (Å²) in [5.74, 6) is 1.88. The van der Waals surface area contributed by atoms with Gasteiger partial charge in [0.2, 0.25) is 0 Å². The van der Waals surface area contributed by atoms with Crippen molar-refractivity contribution < 1.29 is 26.3 Å². The normalized spacial score (nSPS) is 10.9. The van der Waals surface area contributed by atoms with Gasteiger partial charge >= 0.3 is 0 Å². The fourth-order valence-corrected chi connectivity index (χ4v) is 12.8. The molecule has 0 unspecified atom stereocenters. The van der Waals surface area contributed by atoms with Gasteiger partial charge in [-0.1, -0.05) is 237 Å². The van der Waals surface area contributed by atoms with Crippen LogP contribution < -0.4 is 0 Å². The number of hydrogen-bond donors (Lipinski definition) is 0. The lowest BCUT2D eigenvalue weighted by Gasteiger charge is -2.10. The van der Waals surface area contributed by atoms with E-state index in [1.165, 1.54) is 89.5 Å². The Morgan fingerprint density at radius 3 is 0.298 bits per heavy atom. The summed E-state index contributed by atoms with van der Waals surface area (Å²) in [6.07, 6.45) is 0. The first-order valence-electron chi connectivity index (χ1n) is 36.5. The quantitative estimate of drug-likeness (QED) is 0.0925. The molecule has 0 saturated carbocycles. The lowest BCUT2D eigenvalue weighted by Crippen LogP contribution is -2.00. The monoisotopic (exact) mass is 1490 g/mol. The van der Waals surface area contributed by atoms with Crippen LogP contribution in [0.25, 0.3) is 169 Å². The number of halogens is 6. The van der Waals surface area contributed by atoms with Gasteiger partial charge in [0, 0.05) is 50.1 Å². The van der Waals surface area contributed by atoms with Crippen LogP contribution in [0.2, 0.25) is 0 Å². The molecule has 3 heterocycles. The Morgan fingerprint density at radius 1 is 0.0965 bits per heavy atom. The molecule has 0 radical (unpaired) electrons. The van der Waals surface area contributed by atoms with E-state index in [-0.39, 0.29) is 34.9 Å². The predicted octanol–water partition coefficient (Wildman–Crippen LogP) is 25.5. The first kappa shape index (κ1) is 73.1. The summed E-state index contributed by atoms with van der Waals surface area (Å²) in [6, 6.07) is 116. The first-order chi connectivity index (χ1) is 55.9. The molecule has 9 nitrogen and oxygen atoms in total. The van der Waals surface area contributed by atoms with Gasteiger partial charge in [0.25, 0.3) is 0 Å². The molecular weight excluding hydrogens is 1430 g/mol. The topological polar surface area (TPSA) is 116 Å². The van der Waals surface area contributed by atoms with E-state index in [9.17, 15) is 26.3 Å². The van der Waals surface area contributed by atoms with Crippen molar-refractivity contribution in [2.75, 3.05) is 0 Å². The highest BCUT2D eigenvalue weighted by molar-refractivity contribution is 5.78. The second kappa shape index (κ2) is 33.8. The van der Waals surface area contributed by atoms with E-state index in [2.05, 4.69) is 156 Å². The zero-order valence-corrected chi connectivity index (χ0v) is 60.7. The van der Waals surface area contributed by atoms with Crippen LogP contribution in [-0.2, 0) is 0 Å². The molecule has 114 heavy (non-hydrogen) atoms. The maximum atomic E-state index is 13.6. The van der Waals surface area contributed by atoms with Crippen LogP contribution in [0.15, 0.2) is 382 Å². The summed E-state index contributed by atoms with van der Waals surface area (Å²) in [5.41, 5.74) is 20.0. The van der Waals surface area contributed by atoms with E-state index in [1.807, 2.05) is 115 Å². The van der Waals surface area contributed by atoms with Crippen molar-refractivity contribution in [3.63, 3.8) is 0 Å². The molecule has 546 valence electrons. The molecule has 0 fully saturated rings. The van der Waals surface area contributed by atoms with E-state index in [4.69, 9.17) is 9.97 Å². The Bertz CT molecular complexity index is 6090. The van der Waals surface area contributed by atoms with Gasteiger partial charge in [0.1, 0.15) is 34.9 Å². The maximum absolute atomic E-state index is 13.6. The summed E-state index contributed by atoms with van der Waals surface area (Å²) in [6.45, 7) is 0. The summed E-state index contributed by atoms with van der Waals surface area (Å²) in [4.78, 5) is 41.8. The summed E-state index contributed by atoms with van der Waals surface area (Å²) < 4.78 is 81.1. The average molecular weight is 1490 g/mol. The number of rotatable bonds is 15. The SMILES string of the molecule is Fc1ccc(-c2nc(-c3ccc(F)cc3)nc(-c3ccc(-c4ccc(-c5ccc(-c6ccccc6)cc5)cc4)cc3)n2)cc1.Fc1ccc(-c2nc(-c3ccc(F)cc3)nc(-c3ccc(-c4ccc(-c5ccccc5)cc4)cc3)n2)cc1.Fc1ccc(-c2nc(-c3ccc(F)cc3)nc(-c3ccc(-c4ccccc4)cc3)n2)cc1. The second-order valence-corrected chi connectivity index (χ2v) is 26.5. The van der Waals surface area contributed by atoms with Gasteiger partial charge in [-0.3, -0.25) is 0 Å². The fourth-order valence-electron chi connectivity index (χ4n) is 12.8. The molecule has 0 atom stereocenters. The van der Waals surface area contributed by atoms with E-state index < -0.39 is 0 Å². The van der Waals surface area contributed by atoms with E-state index in [0.29, 0.717) is 85.8 Å². The summed E-state index contributed by atoms with van der Waals surface area (Å²) in [5, 5.41) is 0. The van der Waals surface area contributed by atoms with Crippen LogP contribution in [0, 0.1) is 34.9 Å². The average Bonchev–Trinajstić information content (AvgIpc) is 0.768. The van der Waals surface area contributed by atoms with Gasteiger partial charge in [0.15, 0.2) is 52.4 Å². The lowest BCUT2D eigenvalue weighted by atomic mass is 9.98. The number of nitrogens with zero attached hydrogens (tertiary/aromatic N) is 9. The minimum Gasteiger partial charge on any atom is -0.208 e. The van der Waals surface area contributed by atoms with Crippen molar-refractivity contribution >= 4 is 0 Å². The minimum absolute atomic E-state index is 0.335. The molecule has 0 aliphatic carbocycles. The van der Waals surface area contributed by atoms with E-state index in [1.54, 1.807) is 72.8 Å². The van der Waals surface area contributed by atoms with Crippen LogP contribution in [-0.4, -0.2) is 44.9 Å². The molecule has 15 heteroatoms. The molecule has 0 amide bonds. The largest absolute Gasteiger partial charge is 0.208 e. The van der Waals surface area contributed by atoms with Crippen LogP contribution >= 0.6 is 0 Å². The van der Waals surface area contributed by atoms with Crippen molar-refractivity contribution in [3.8, 4) is 169 Å². The van der Waals surface area contributed by atoms with E-state index >= 15 is 0 Å². The molecule has 18 rings (SSSR count). The number of hydrogen-bond acceptors (Lipinski definition) is 9. The molecule has 0 aliphatic rings. The Kier molecular flexibility index (Phi) is 21.7. The molecule has 3 aromatic heterocycles. The van der Waals surface area contributed by atoms with Crippen molar-refractivity contribution in [3.05, 3.63) is 417 Å². The Morgan fingerprint density at radius 2 is 0.184 bits per heavy atom. The van der Waals surface area contributed by atoms with Gasteiger partial charge in [-0.15, -0.1) is 0 Å². The molecule has 0 N–H and O–H groups in total. The summed E-state index contributed by atoms with van der Waals surface area (Å²) >= 11 is 0. The molecule has 0 bridgehead atoms. The zero-order valence-electron chi connectivity index (χ0n) is 60.7. The van der Waals surface area contributed by atoms with Crippen molar-refractivity contribution in [1.82, 2.24) is 44.9 Å². The van der Waals surface area contributed by atoms with Gasteiger partial charge in [-0.05, 0) is 212 Å². The second-order valence-electron chi connectivity index (χ2n) is 26.5. The smallest absolute Gasteiger partial charge is 0.164 e. The van der Waals surface area contributed by atoms with E-state index in [0.717, 1.165) is 66.8 Å². The maximum Gasteiger partial charge on any atom is 0.164 e. The minimum atomic E-state index is -0.341. The van der Waals surface area contributed by atoms with Crippen LogP contribution in [0.1, 0.15) is 0 Å². The fraction of sp³-hybridized carbons (Fsp3) is 0. The summed E-state index contributed by atoms with van der Waals surface area (Å²) in [7, 11) is 0. The van der Waals surface area contributed by atoms with Gasteiger partial charge in [-0.2, -0.15) is 0 Å². The Balaban J connectivity index is 0.000000130. The molecular formula is C99H63F6N9. The Hall–Kier alpha value is -15.1. The third kappa shape index (κ3) is 17.6. The van der Waals surface area contributed by atoms with Gasteiger partial charge < -0.3 is 0 Å². The Labute approximate surface area is 653 Å². The first-order valence-corrected chi connectivity index (χ1v) is 36.5. The van der Waals surface area contributed by atoms with Crippen molar-refractivity contribution in [1.29, 1.82) is 0 Å². The molecule has 0 saturated heterocycles. The van der Waals surface area contributed by atoms with Crippen molar-refractivity contribution in [2.45, 2.75) is 0 Å². The van der Waals surface area contributed by atoms with Crippen LogP contribution in [0.5, 0.6) is 0 Å². The van der Waals surface area contributed by atoms with Gasteiger partial charge in [-0.25, -0.2) is 71.2 Å². The number of aromatic nitrogens is 9. The highest BCUT2D eigenvalue weighted by Gasteiger charge is 2.18. The third-order valence-electron chi connectivity index (χ3n) is 18.9. The highest BCUT2D eigenvalue weighted by Crippen LogP contribution is 2.35. The van der Waals surface area contributed by atoms with Crippen LogP contribution in [0.3, 0.4) is 0 Å². The standard InChI is InChI=1S/C39H25F2N3.C33H21F2N3.C27H17F2N3/c40-35-22-18-33(19-23-35)38-42-37(43-39(44-38)34-20-24-36(41)25-21-34)32-16-14-31(15-17-32)30-12-10-29(11-13-30)28-8-6-27(7-9-28)26-4-2-1-3-5-26;34-29-18-14-27(15-19-29)32-36-31(37-33(38-32)28-16-20-30(35)21-17-28)26-12-10-25(11-13-26)24-8-6-23(7-9-24)22-4-2-1-3-5-22;28-23-14-10-21(11-15-23)26-30-25(31-27(32-26)22-12-16-24(29)17-13-22)20-8-6-19(7-9-20)18-4-2-1-3-5-18/h1-25H;1-21H;1-17H. The third-order valence-corrected chi connectivity index (χ3v) is 18.9. The lowest BCUT2D eigenvalue weighted by molar-refractivity contribution is 0.627. The van der Waals surface area contributed by atoms with Gasteiger partial charge in [0.05, 0.1) is 0 Å². The molecule has 18 aromatic rings.